The van der Waals surface area contributed by atoms with Crippen LogP contribution in [0.3, 0.4) is 0 Å². The van der Waals surface area contributed by atoms with Crippen molar-refractivity contribution in [1.29, 1.82) is 0 Å². The minimum absolute atomic E-state index is 0.159. The fourth-order valence-corrected chi connectivity index (χ4v) is 4.79. The lowest BCUT2D eigenvalue weighted by atomic mass is 9.75. The van der Waals surface area contributed by atoms with Crippen LogP contribution in [0.1, 0.15) is 66.6 Å². The van der Waals surface area contributed by atoms with Gasteiger partial charge in [-0.3, -0.25) is 4.79 Å². The zero-order valence-corrected chi connectivity index (χ0v) is 11.8. The summed E-state index contributed by atoms with van der Waals surface area (Å²) in [4.78, 5) is 13.5. The Morgan fingerprint density at radius 3 is 2.83 bits per heavy atom. The molecule has 2 heterocycles. The third-order valence-electron chi connectivity index (χ3n) is 4.61. The van der Waals surface area contributed by atoms with E-state index in [0.29, 0.717) is 17.9 Å². The number of nitrogens with one attached hydrogen (secondary N) is 1. The molecule has 2 nitrogen and oxygen atoms in total. The molecule has 0 spiro atoms. The fraction of sp³-hybridized carbons (Fsp3) is 0.667. The topological polar surface area (TPSA) is 29.1 Å². The van der Waals surface area contributed by atoms with E-state index in [2.05, 4.69) is 17.6 Å². The molecule has 98 valence electrons. The maximum Gasteiger partial charge on any atom is 0.252 e. The van der Waals surface area contributed by atoms with E-state index in [-0.39, 0.29) is 5.91 Å². The van der Waals surface area contributed by atoms with Crippen molar-refractivity contribution >= 4 is 17.2 Å². The van der Waals surface area contributed by atoms with Gasteiger partial charge in [0.15, 0.2) is 0 Å². The Morgan fingerprint density at radius 2 is 2.11 bits per heavy atom. The molecule has 3 heteroatoms. The molecule has 0 aromatic carbocycles. The molecule has 2 unspecified atom stereocenters. The number of fused-ring (bicyclic) bond motifs is 1. The molecule has 1 aromatic heterocycles. The third kappa shape index (κ3) is 1.99. The summed E-state index contributed by atoms with van der Waals surface area (Å²) in [6.45, 7) is 2.25. The van der Waals surface area contributed by atoms with E-state index < -0.39 is 0 Å². The summed E-state index contributed by atoms with van der Waals surface area (Å²) in [7, 11) is 0. The lowest BCUT2D eigenvalue weighted by Gasteiger charge is -2.38. The number of carbonyl (C=O) groups is 1. The molecule has 2 atom stereocenters. The lowest BCUT2D eigenvalue weighted by molar-refractivity contribution is 0.0879. The van der Waals surface area contributed by atoms with Crippen LogP contribution in [0.25, 0.3) is 0 Å². The van der Waals surface area contributed by atoms with E-state index in [0.717, 1.165) is 12.0 Å². The van der Waals surface area contributed by atoms with Crippen LogP contribution in [-0.4, -0.2) is 11.9 Å². The Bertz CT molecular complexity index is 433. The van der Waals surface area contributed by atoms with Crippen LogP contribution in [0.2, 0.25) is 0 Å². The summed E-state index contributed by atoms with van der Waals surface area (Å²) in [6.07, 6.45) is 7.77. The van der Waals surface area contributed by atoms with Crippen LogP contribution < -0.4 is 5.32 Å². The highest BCUT2D eigenvalue weighted by Gasteiger charge is 2.38. The van der Waals surface area contributed by atoms with Gasteiger partial charge in [0.2, 0.25) is 0 Å². The smallest absolute Gasteiger partial charge is 0.252 e. The highest BCUT2D eigenvalue weighted by Crippen LogP contribution is 2.40. The summed E-state index contributed by atoms with van der Waals surface area (Å²) in [5.74, 6) is 1.40. The molecule has 1 saturated carbocycles. The predicted octanol–water partition coefficient (Wildman–Crippen LogP) is 3.93. The van der Waals surface area contributed by atoms with Gasteiger partial charge in [0.1, 0.15) is 0 Å². The molecule has 1 amide bonds. The van der Waals surface area contributed by atoms with Gasteiger partial charge >= 0.3 is 0 Å². The second-order valence-corrected chi connectivity index (χ2v) is 6.56. The lowest BCUT2D eigenvalue weighted by Crippen LogP contribution is -2.48. The second kappa shape index (κ2) is 5.04. The van der Waals surface area contributed by atoms with Crippen molar-refractivity contribution in [2.24, 2.45) is 5.92 Å². The van der Waals surface area contributed by atoms with Crippen molar-refractivity contribution in [1.82, 2.24) is 5.32 Å². The van der Waals surface area contributed by atoms with Gasteiger partial charge in [-0.1, -0.05) is 26.2 Å². The van der Waals surface area contributed by atoms with E-state index in [9.17, 15) is 4.79 Å². The summed E-state index contributed by atoms with van der Waals surface area (Å²) in [5.41, 5.74) is 0.930. The fourth-order valence-electron chi connectivity index (χ4n) is 3.67. The Hall–Kier alpha value is -0.830. The van der Waals surface area contributed by atoms with E-state index >= 15 is 0 Å². The normalized spacial score (nSPS) is 28.8. The number of carbonyl (C=O) groups excluding carboxylic acids is 1. The van der Waals surface area contributed by atoms with Crippen molar-refractivity contribution in [3.63, 3.8) is 0 Å². The maximum atomic E-state index is 12.2. The number of hydrogen-bond donors (Lipinski definition) is 1. The van der Waals surface area contributed by atoms with Crippen LogP contribution >= 0.6 is 11.3 Å². The van der Waals surface area contributed by atoms with Crippen molar-refractivity contribution in [3.05, 3.63) is 21.9 Å². The summed E-state index contributed by atoms with van der Waals surface area (Å²) in [6, 6.07) is 2.36. The monoisotopic (exact) mass is 263 g/mol. The van der Waals surface area contributed by atoms with Crippen LogP contribution in [0.5, 0.6) is 0 Å². The van der Waals surface area contributed by atoms with Gasteiger partial charge in [0.25, 0.3) is 5.91 Å². The zero-order valence-electron chi connectivity index (χ0n) is 10.9. The van der Waals surface area contributed by atoms with Gasteiger partial charge in [-0.2, -0.15) is 0 Å². The first-order valence-electron chi connectivity index (χ1n) is 7.19. The Morgan fingerprint density at radius 1 is 1.33 bits per heavy atom. The first kappa shape index (κ1) is 12.2. The Kier molecular flexibility index (Phi) is 3.42. The third-order valence-corrected chi connectivity index (χ3v) is 5.65. The first-order chi connectivity index (χ1) is 8.81. The molecular weight excluding hydrogens is 242 g/mol. The molecule has 0 radical (unpaired) electrons. The molecule has 1 aliphatic carbocycles. The summed E-state index contributed by atoms with van der Waals surface area (Å²) >= 11 is 1.77. The van der Waals surface area contributed by atoms with Gasteiger partial charge < -0.3 is 5.32 Å². The van der Waals surface area contributed by atoms with Crippen molar-refractivity contribution < 1.29 is 4.79 Å². The number of amides is 1. The molecule has 1 fully saturated rings. The number of thiophene rings is 1. The largest absolute Gasteiger partial charge is 0.348 e. The molecule has 1 aliphatic heterocycles. The maximum absolute atomic E-state index is 12.2. The summed E-state index contributed by atoms with van der Waals surface area (Å²) < 4.78 is 0. The molecule has 1 aromatic rings. The van der Waals surface area contributed by atoms with Gasteiger partial charge in [-0.25, -0.2) is 0 Å². The average Bonchev–Trinajstić information content (AvgIpc) is 2.89. The molecule has 3 rings (SSSR count). The number of hydrogen-bond acceptors (Lipinski definition) is 2. The van der Waals surface area contributed by atoms with Gasteiger partial charge in [-0.05, 0) is 36.6 Å². The molecule has 1 N–H and O–H groups in total. The van der Waals surface area contributed by atoms with Gasteiger partial charge in [-0.15, -0.1) is 11.3 Å². The van der Waals surface area contributed by atoms with Crippen LogP contribution in [-0.2, 0) is 0 Å². The van der Waals surface area contributed by atoms with Crippen LogP contribution in [0.4, 0.5) is 0 Å². The van der Waals surface area contributed by atoms with Gasteiger partial charge in [0.05, 0.1) is 5.56 Å². The quantitative estimate of drug-likeness (QED) is 0.860. The van der Waals surface area contributed by atoms with Crippen molar-refractivity contribution in [2.75, 3.05) is 0 Å². The minimum atomic E-state index is 0.159. The van der Waals surface area contributed by atoms with E-state index in [1.165, 1.54) is 37.0 Å². The molecule has 2 aliphatic rings. The highest BCUT2D eigenvalue weighted by atomic mass is 32.1. The van der Waals surface area contributed by atoms with E-state index in [1.54, 1.807) is 11.3 Å². The van der Waals surface area contributed by atoms with E-state index in [1.807, 2.05) is 6.07 Å². The standard InChI is InChI=1S/C15H21NOS/c1-2-11-13(10-6-4-3-5-7-10)16-15(17)12-8-9-18-14(11)12/h8-11,13H,2-7H2,1H3,(H,16,17). The summed E-state index contributed by atoms with van der Waals surface area (Å²) in [5, 5.41) is 5.36. The van der Waals surface area contributed by atoms with Crippen molar-refractivity contribution in [2.45, 2.75) is 57.4 Å². The van der Waals surface area contributed by atoms with Gasteiger partial charge in [0, 0.05) is 16.8 Å². The van der Waals surface area contributed by atoms with Crippen LogP contribution in [0.15, 0.2) is 11.4 Å². The minimum Gasteiger partial charge on any atom is -0.348 e. The molecule has 0 saturated heterocycles. The van der Waals surface area contributed by atoms with Crippen molar-refractivity contribution in [3.8, 4) is 0 Å². The zero-order chi connectivity index (χ0) is 12.5. The average molecular weight is 263 g/mol. The Labute approximate surface area is 113 Å². The predicted molar refractivity (Wildman–Crippen MR) is 75.2 cm³/mol. The van der Waals surface area contributed by atoms with E-state index in [4.69, 9.17) is 0 Å². The SMILES string of the molecule is CCC1c2sccc2C(=O)NC1C1CCCCC1. The number of rotatable bonds is 2. The first-order valence-corrected chi connectivity index (χ1v) is 8.07. The highest BCUT2D eigenvalue weighted by molar-refractivity contribution is 7.10. The molecule has 0 bridgehead atoms. The molecule has 18 heavy (non-hydrogen) atoms. The molecular formula is C15H21NOS. The second-order valence-electron chi connectivity index (χ2n) is 5.61. The van der Waals surface area contributed by atoms with Crippen LogP contribution in [0, 0.1) is 5.92 Å². The Balaban J connectivity index is 1.89.